The molecule has 0 radical (unpaired) electrons. The zero-order chi connectivity index (χ0) is 13.8. The van der Waals surface area contributed by atoms with Gasteiger partial charge in [0.15, 0.2) is 0 Å². The molecule has 104 valence electrons. The molecule has 4 heteroatoms. The lowest BCUT2D eigenvalue weighted by Gasteiger charge is -2.30. The van der Waals surface area contributed by atoms with Gasteiger partial charge in [-0.2, -0.15) is 0 Å². The molecule has 19 heavy (non-hydrogen) atoms. The SMILES string of the molecule is CC1CCN(C(=O)CCc2ccc(Cl)cc2Cl)CC1. The number of carbonyl (C=O) groups excluding carboxylic acids is 1. The summed E-state index contributed by atoms with van der Waals surface area (Å²) in [6, 6.07) is 5.44. The lowest BCUT2D eigenvalue weighted by atomic mass is 9.98. The Hall–Kier alpha value is -0.730. The predicted molar refractivity (Wildman–Crippen MR) is 79.8 cm³/mol. The van der Waals surface area contributed by atoms with Gasteiger partial charge < -0.3 is 4.90 Å². The van der Waals surface area contributed by atoms with Crippen LogP contribution in [0.3, 0.4) is 0 Å². The maximum absolute atomic E-state index is 12.1. The van der Waals surface area contributed by atoms with Crippen LogP contribution in [-0.4, -0.2) is 23.9 Å². The van der Waals surface area contributed by atoms with Crippen molar-refractivity contribution in [2.45, 2.75) is 32.6 Å². The second-order valence-corrected chi connectivity index (χ2v) is 6.14. The summed E-state index contributed by atoms with van der Waals surface area (Å²) in [6.07, 6.45) is 3.44. The average molecular weight is 300 g/mol. The molecule has 1 aliphatic heterocycles. The van der Waals surface area contributed by atoms with E-state index in [0.717, 1.165) is 37.4 Å². The third kappa shape index (κ3) is 4.12. The number of rotatable bonds is 3. The first-order chi connectivity index (χ1) is 9.06. The fourth-order valence-electron chi connectivity index (χ4n) is 2.38. The summed E-state index contributed by atoms with van der Waals surface area (Å²) < 4.78 is 0. The Labute approximate surface area is 124 Å². The van der Waals surface area contributed by atoms with Gasteiger partial charge in [-0.1, -0.05) is 36.2 Å². The number of halogens is 2. The van der Waals surface area contributed by atoms with Gasteiger partial charge in [-0.3, -0.25) is 4.79 Å². The van der Waals surface area contributed by atoms with Gasteiger partial charge >= 0.3 is 0 Å². The fourth-order valence-corrected chi connectivity index (χ4v) is 2.89. The van der Waals surface area contributed by atoms with Gasteiger partial charge in [0.2, 0.25) is 5.91 Å². The third-order valence-corrected chi connectivity index (χ3v) is 4.35. The maximum Gasteiger partial charge on any atom is 0.222 e. The molecule has 0 atom stereocenters. The Bertz CT molecular complexity index is 453. The van der Waals surface area contributed by atoms with Gasteiger partial charge in [0, 0.05) is 29.6 Å². The molecule has 0 saturated carbocycles. The Balaban J connectivity index is 1.86. The van der Waals surface area contributed by atoms with Crippen LogP contribution in [0.4, 0.5) is 0 Å². The molecule has 1 fully saturated rings. The summed E-state index contributed by atoms with van der Waals surface area (Å²) in [5.74, 6) is 0.979. The predicted octanol–water partition coefficient (Wildman–Crippen LogP) is 4.18. The molecule has 1 aromatic carbocycles. The first-order valence-corrected chi connectivity index (χ1v) is 7.53. The number of hydrogen-bond acceptors (Lipinski definition) is 1. The summed E-state index contributed by atoms with van der Waals surface area (Å²) in [7, 11) is 0. The number of amides is 1. The summed E-state index contributed by atoms with van der Waals surface area (Å²) in [4.78, 5) is 14.1. The number of likely N-dealkylation sites (tertiary alicyclic amines) is 1. The lowest BCUT2D eigenvalue weighted by molar-refractivity contribution is -0.132. The van der Waals surface area contributed by atoms with Crippen LogP contribution in [0.2, 0.25) is 10.0 Å². The minimum atomic E-state index is 0.234. The molecule has 0 spiro atoms. The zero-order valence-corrected chi connectivity index (χ0v) is 12.7. The molecule has 0 N–H and O–H groups in total. The van der Waals surface area contributed by atoms with Crippen LogP contribution in [0.5, 0.6) is 0 Å². The van der Waals surface area contributed by atoms with Crippen LogP contribution in [0.15, 0.2) is 18.2 Å². The molecule has 1 heterocycles. The Morgan fingerprint density at radius 3 is 2.63 bits per heavy atom. The van der Waals surface area contributed by atoms with Crippen molar-refractivity contribution in [3.05, 3.63) is 33.8 Å². The lowest BCUT2D eigenvalue weighted by Crippen LogP contribution is -2.38. The highest BCUT2D eigenvalue weighted by atomic mass is 35.5. The monoisotopic (exact) mass is 299 g/mol. The van der Waals surface area contributed by atoms with Crippen LogP contribution in [0.1, 0.15) is 31.7 Å². The van der Waals surface area contributed by atoms with Crippen LogP contribution < -0.4 is 0 Å². The second-order valence-electron chi connectivity index (χ2n) is 5.30. The topological polar surface area (TPSA) is 20.3 Å². The number of carbonyl (C=O) groups is 1. The summed E-state index contributed by atoms with van der Waals surface area (Å²) in [5, 5.41) is 1.28. The first kappa shape index (κ1) is 14.7. The number of benzene rings is 1. The van der Waals surface area contributed by atoms with E-state index in [1.165, 1.54) is 0 Å². The van der Waals surface area contributed by atoms with E-state index in [2.05, 4.69) is 6.92 Å². The van der Waals surface area contributed by atoms with E-state index >= 15 is 0 Å². The molecule has 2 nitrogen and oxygen atoms in total. The van der Waals surface area contributed by atoms with Gasteiger partial charge in [-0.05, 0) is 42.9 Å². The van der Waals surface area contributed by atoms with E-state index in [0.29, 0.717) is 22.9 Å². The minimum absolute atomic E-state index is 0.234. The molecule has 0 aliphatic carbocycles. The van der Waals surface area contributed by atoms with Gasteiger partial charge in [-0.25, -0.2) is 0 Å². The van der Waals surface area contributed by atoms with Crippen molar-refractivity contribution in [1.82, 2.24) is 4.90 Å². The molecule has 1 aromatic rings. The highest BCUT2D eigenvalue weighted by Gasteiger charge is 2.20. The molecule has 0 unspecified atom stereocenters. The Morgan fingerprint density at radius 2 is 2.00 bits per heavy atom. The molecular weight excluding hydrogens is 281 g/mol. The van der Waals surface area contributed by atoms with Crippen LogP contribution >= 0.6 is 23.2 Å². The van der Waals surface area contributed by atoms with Crippen molar-refractivity contribution in [3.63, 3.8) is 0 Å². The van der Waals surface area contributed by atoms with Gasteiger partial charge in [0.05, 0.1) is 0 Å². The molecule has 1 aliphatic rings. The van der Waals surface area contributed by atoms with Crippen molar-refractivity contribution in [1.29, 1.82) is 0 Å². The van der Waals surface area contributed by atoms with E-state index in [4.69, 9.17) is 23.2 Å². The smallest absolute Gasteiger partial charge is 0.222 e. The summed E-state index contributed by atoms with van der Waals surface area (Å²) in [5.41, 5.74) is 0.991. The molecule has 2 rings (SSSR count). The molecule has 1 amide bonds. The average Bonchev–Trinajstić information content (AvgIpc) is 2.38. The van der Waals surface area contributed by atoms with E-state index in [-0.39, 0.29) is 5.91 Å². The van der Waals surface area contributed by atoms with E-state index in [1.807, 2.05) is 17.0 Å². The highest BCUT2D eigenvalue weighted by Crippen LogP contribution is 2.23. The standard InChI is InChI=1S/C15H19Cl2NO/c1-11-6-8-18(9-7-11)15(19)5-3-12-2-4-13(16)10-14(12)17/h2,4,10-11H,3,5-9H2,1H3. The number of hydrogen-bond donors (Lipinski definition) is 0. The first-order valence-electron chi connectivity index (χ1n) is 6.78. The van der Waals surface area contributed by atoms with E-state index in [1.54, 1.807) is 6.07 Å². The van der Waals surface area contributed by atoms with Crippen molar-refractivity contribution < 1.29 is 4.79 Å². The second kappa shape index (κ2) is 6.62. The third-order valence-electron chi connectivity index (χ3n) is 3.76. The van der Waals surface area contributed by atoms with E-state index in [9.17, 15) is 4.79 Å². The Morgan fingerprint density at radius 1 is 1.32 bits per heavy atom. The fraction of sp³-hybridized carbons (Fsp3) is 0.533. The van der Waals surface area contributed by atoms with Gasteiger partial charge in [0.25, 0.3) is 0 Å². The van der Waals surface area contributed by atoms with Crippen LogP contribution in [0, 0.1) is 5.92 Å². The molecule has 0 aromatic heterocycles. The largest absolute Gasteiger partial charge is 0.343 e. The zero-order valence-electron chi connectivity index (χ0n) is 11.2. The maximum atomic E-state index is 12.1. The van der Waals surface area contributed by atoms with Crippen molar-refractivity contribution in [3.8, 4) is 0 Å². The molecular formula is C15H19Cl2NO. The molecule has 1 saturated heterocycles. The van der Waals surface area contributed by atoms with Crippen molar-refractivity contribution in [2.75, 3.05) is 13.1 Å². The Kier molecular flexibility index (Phi) is 5.12. The van der Waals surface area contributed by atoms with E-state index < -0.39 is 0 Å². The quantitative estimate of drug-likeness (QED) is 0.820. The summed E-state index contributed by atoms with van der Waals surface area (Å²) in [6.45, 7) is 4.04. The highest BCUT2D eigenvalue weighted by molar-refractivity contribution is 6.35. The van der Waals surface area contributed by atoms with Gasteiger partial charge in [-0.15, -0.1) is 0 Å². The van der Waals surface area contributed by atoms with Gasteiger partial charge in [0.1, 0.15) is 0 Å². The van der Waals surface area contributed by atoms with Crippen molar-refractivity contribution in [2.24, 2.45) is 5.92 Å². The normalized spacial score (nSPS) is 16.7. The summed E-state index contributed by atoms with van der Waals surface area (Å²) >= 11 is 12.0. The number of piperidine rings is 1. The minimum Gasteiger partial charge on any atom is -0.343 e. The van der Waals surface area contributed by atoms with Crippen LogP contribution in [0.25, 0.3) is 0 Å². The molecule has 0 bridgehead atoms. The van der Waals surface area contributed by atoms with Crippen LogP contribution in [-0.2, 0) is 11.2 Å². The number of nitrogens with zero attached hydrogens (tertiary/aromatic N) is 1. The van der Waals surface area contributed by atoms with Crippen molar-refractivity contribution >= 4 is 29.1 Å². The number of aryl methyl sites for hydroxylation is 1.